The van der Waals surface area contributed by atoms with Crippen molar-refractivity contribution in [2.24, 2.45) is 5.14 Å². The number of ether oxygens (including phenoxy) is 1. The minimum absolute atomic E-state index is 0.282. The zero-order valence-corrected chi connectivity index (χ0v) is 15.3. The fourth-order valence-corrected chi connectivity index (χ4v) is 3.76. The molecule has 1 aliphatic heterocycles. The maximum atomic E-state index is 11.5. The summed E-state index contributed by atoms with van der Waals surface area (Å²) in [5.41, 5.74) is 1.87. The number of nitrogens with one attached hydrogen (secondary N) is 1. The smallest absolute Gasteiger partial charge is 0.272 e. The normalized spacial score (nSPS) is 13.2. The molecule has 0 spiro atoms. The van der Waals surface area contributed by atoms with Crippen LogP contribution in [0.4, 0.5) is 11.4 Å². The number of hydrogen-bond acceptors (Lipinski definition) is 6. The van der Waals surface area contributed by atoms with Crippen molar-refractivity contribution in [3.63, 3.8) is 0 Å². The van der Waals surface area contributed by atoms with Gasteiger partial charge in [0.15, 0.2) is 0 Å². The minimum atomic E-state index is -4.06. The minimum Gasteiger partial charge on any atom is -0.493 e. The second-order valence-electron chi connectivity index (χ2n) is 5.52. The Labute approximate surface area is 152 Å². The summed E-state index contributed by atoms with van der Waals surface area (Å²) in [6, 6.07) is 7.32. The predicted molar refractivity (Wildman–Crippen MR) is 95.1 cm³/mol. The van der Waals surface area contributed by atoms with Gasteiger partial charge in [-0.3, -0.25) is 10.1 Å². The maximum Gasteiger partial charge on any atom is 0.272 e. The van der Waals surface area contributed by atoms with E-state index in [0.29, 0.717) is 13.2 Å². The van der Waals surface area contributed by atoms with Gasteiger partial charge in [-0.1, -0.05) is 15.9 Å². The number of nitro groups is 1. The van der Waals surface area contributed by atoms with Gasteiger partial charge in [0, 0.05) is 40.8 Å². The number of nitro benzene ring substituents is 1. The fourth-order valence-electron chi connectivity index (χ4n) is 2.63. The number of non-ortho nitro benzene ring substituents is 1. The van der Waals surface area contributed by atoms with Gasteiger partial charge >= 0.3 is 0 Å². The number of primary sulfonamides is 1. The lowest BCUT2D eigenvalue weighted by Gasteiger charge is -2.12. The van der Waals surface area contributed by atoms with Crippen LogP contribution >= 0.6 is 15.9 Å². The van der Waals surface area contributed by atoms with Gasteiger partial charge in [0.2, 0.25) is 10.0 Å². The number of hydrogen-bond donors (Lipinski definition) is 2. The molecule has 0 radical (unpaired) electrons. The predicted octanol–water partition coefficient (Wildman–Crippen LogP) is 2.55. The first-order chi connectivity index (χ1) is 11.7. The number of halogens is 1. The second kappa shape index (κ2) is 6.62. The molecular weight excluding hydrogens is 414 g/mol. The van der Waals surface area contributed by atoms with Crippen molar-refractivity contribution in [3.05, 3.63) is 56.0 Å². The Hall–Kier alpha value is -2.17. The average molecular weight is 428 g/mol. The molecule has 3 N–H and O–H groups in total. The molecule has 2 aromatic carbocycles. The van der Waals surface area contributed by atoms with Gasteiger partial charge in [0.05, 0.1) is 16.4 Å². The number of nitrogens with zero attached hydrogens (tertiary/aromatic N) is 1. The first-order valence-corrected chi connectivity index (χ1v) is 9.58. The number of fused-ring (bicyclic) bond motifs is 1. The first kappa shape index (κ1) is 17.6. The summed E-state index contributed by atoms with van der Waals surface area (Å²) in [6.07, 6.45) is 0.814. The zero-order chi connectivity index (χ0) is 18.2. The van der Waals surface area contributed by atoms with Crippen molar-refractivity contribution in [3.8, 4) is 5.75 Å². The third-order valence-electron chi connectivity index (χ3n) is 3.74. The van der Waals surface area contributed by atoms with E-state index in [2.05, 4.69) is 21.2 Å². The fraction of sp³-hybridized carbons (Fsp3) is 0.200. The Morgan fingerprint density at radius 2 is 2.04 bits per heavy atom. The molecule has 132 valence electrons. The van der Waals surface area contributed by atoms with Gasteiger partial charge < -0.3 is 10.1 Å². The van der Waals surface area contributed by atoms with E-state index in [1.807, 2.05) is 12.1 Å². The van der Waals surface area contributed by atoms with Crippen LogP contribution in [-0.2, 0) is 23.0 Å². The molecule has 0 saturated carbocycles. The monoisotopic (exact) mass is 427 g/mol. The molecule has 0 amide bonds. The Morgan fingerprint density at radius 3 is 2.72 bits per heavy atom. The molecule has 2 aromatic rings. The first-order valence-electron chi connectivity index (χ1n) is 7.24. The topological polar surface area (TPSA) is 125 Å². The van der Waals surface area contributed by atoms with E-state index >= 15 is 0 Å². The molecule has 1 aliphatic rings. The molecule has 0 atom stereocenters. The molecule has 0 aliphatic carbocycles. The van der Waals surface area contributed by atoms with Crippen molar-refractivity contribution < 1.29 is 18.1 Å². The van der Waals surface area contributed by atoms with Gasteiger partial charge in [-0.25, -0.2) is 13.6 Å². The van der Waals surface area contributed by atoms with Crippen molar-refractivity contribution in [2.45, 2.75) is 17.9 Å². The van der Waals surface area contributed by atoms with Crippen LogP contribution in [0.25, 0.3) is 0 Å². The lowest BCUT2D eigenvalue weighted by Crippen LogP contribution is -2.13. The van der Waals surface area contributed by atoms with Gasteiger partial charge in [-0.15, -0.1) is 0 Å². The van der Waals surface area contributed by atoms with Crippen LogP contribution in [-0.4, -0.2) is 19.9 Å². The lowest BCUT2D eigenvalue weighted by atomic mass is 10.1. The van der Waals surface area contributed by atoms with Crippen molar-refractivity contribution in [2.75, 3.05) is 11.9 Å². The molecule has 0 aromatic heterocycles. The summed E-state index contributed by atoms with van der Waals surface area (Å²) in [5.74, 6) is 0.785. The summed E-state index contributed by atoms with van der Waals surface area (Å²) < 4.78 is 29.6. The van der Waals surface area contributed by atoms with E-state index in [-0.39, 0.29) is 16.3 Å². The van der Waals surface area contributed by atoms with E-state index < -0.39 is 14.9 Å². The largest absolute Gasteiger partial charge is 0.493 e. The van der Waals surface area contributed by atoms with Gasteiger partial charge in [0.25, 0.3) is 5.69 Å². The van der Waals surface area contributed by atoms with Gasteiger partial charge in [-0.2, -0.15) is 0 Å². The molecule has 3 rings (SSSR count). The van der Waals surface area contributed by atoms with Gasteiger partial charge in [0.1, 0.15) is 5.75 Å². The SMILES string of the molecule is NS(=O)(=O)c1cc(NCc2cc(Br)cc3c2OCC3)cc([N+](=O)[O-])c1. The van der Waals surface area contributed by atoms with Gasteiger partial charge in [-0.05, 0) is 23.8 Å². The van der Waals surface area contributed by atoms with Crippen LogP contribution in [0, 0.1) is 10.1 Å². The van der Waals surface area contributed by atoms with Crippen molar-refractivity contribution >= 4 is 37.3 Å². The highest BCUT2D eigenvalue weighted by atomic mass is 79.9. The van der Waals surface area contributed by atoms with E-state index in [1.165, 1.54) is 12.1 Å². The number of rotatable bonds is 5. The maximum absolute atomic E-state index is 11.5. The summed E-state index contributed by atoms with van der Waals surface area (Å²) in [4.78, 5) is 10.0. The molecule has 0 unspecified atom stereocenters. The Morgan fingerprint density at radius 1 is 1.28 bits per heavy atom. The summed E-state index contributed by atoms with van der Waals surface area (Å²) >= 11 is 3.44. The van der Waals surface area contributed by atoms with E-state index in [1.54, 1.807) is 0 Å². The molecular formula is C15H14BrN3O5S. The molecule has 10 heteroatoms. The van der Waals surface area contributed by atoms with Crippen LogP contribution in [0.15, 0.2) is 39.7 Å². The molecule has 0 bridgehead atoms. The molecule has 1 heterocycles. The van der Waals surface area contributed by atoms with Crippen molar-refractivity contribution in [1.82, 2.24) is 0 Å². The third-order valence-corrected chi connectivity index (χ3v) is 5.09. The lowest BCUT2D eigenvalue weighted by molar-refractivity contribution is -0.385. The van der Waals surface area contributed by atoms with Crippen LogP contribution in [0.3, 0.4) is 0 Å². The van der Waals surface area contributed by atoms with E-state index in [4.69, 9.17) is 9.88 Å². The summed E-state index contributed by atoms with van der Waals surface area (Å²) in [6.45, 7) is 0.915. The summed E-state index contributed by atoms with van der Waals surface area (Å²) in [7, 11) is -4.06. The second-order valence-corrected chi connectivity index (χ2v) is 8.00. The number of benzene rings is 2. The molecule has 0 fully saturated rings. The average Bonchev–Trinajstić information content (AvgIpc) is 2.99. The van der Waals surface area contributed by atoms with E-state index in [9.17, 15) is 18.5 Å². The quantitative estimate of drug-likeness (QED) is 0.557. The number of sulfonamides is 1. The molecule has 0 saturated heterocycles. The van der Waals surface area contributed by atoms with Crippen LogP contribution in [0.5, 0.6) is 5.75 Å². The van der Waals surface area contributed by atoms with Crippen molar-refractivity contribution in [1.29, 1.82) is 0 Å². The highest BCUT2D eigenvalue weighted by molar-refractivity contribution is 9.10. The standard InChI is InChI=1S/C15H14BrN3O5S/c16-11-3-9-1-2-24-15(9)10(4-11)8-18-12-5-13(19(20)21)7-14(6-12)25(17,22)23/h3-7,18H,1-2,8H2,(H2,17,22,23). The van der Waals surface area contributed by atoms with Crippen LogP contribution in [0.1, 0.15) is 11.1 Å². The number of anilines is 1. The Bertz CT molecular complexity index is 962. The third kappa shape index (κ3) is 3.91. The Balaban J connectivity index is 1.92. The molecule has 25 heavy (non-hydrogen) atoms. The Kier molecular flexibility index (Phi) is 4.67. The van der Waals surface area contributed by atoms with Crippen LogP contribution < -0.4 is 15.2 Å². The zero-order valence-electron chi connectivity index (χ0n) is 12.9. The molecule has 8 nitrogen and oxygen atoms in total. The highest BCUT2D eigenvalue weighted by Gasteiger charge is 2.19. The summed E-state index contributed by atoms with van der Waals surface area (Å²) in [5, 5.41) is 19.1. The van der Waals surface area contributed by atoms with Crippen LogP contribution in [0.2, 0.25) is 0 Å². The number of nitrogens with two attached hydrogens (primary N) is 1. The highest BCUT2D eigenvalue weighted by Crippen LogP contribution is 2.33. The van der Waals surface area contributed by atoms with E-state index in [0.717, 1.165) is 33.8 Å².